The van der Waals surface area contributed by atoms with E-state index in [0.717, 1.165) is 31.6 Å². The van der Waals surface area contributed by atoms with Gasteiger partial charge < -0.3 is 5.11 Å². The number of aryl methyl sites for hydroxylation is 1. The van der Waals surface area contributed by atoms with Crippen molar-refractivity contribution in [3.05, 3.63) is 29.6 Å². The van der Waals surface area contributed by atoms with Crippen molar-refractivity contribution in [2.75, 3.05) is 13.1 Å². The van der Waals surface area contributed by atoms with E-state index >= 15 is 0 Å². The van der Waals surface area contributed by atoms with Crippen LogP contribution in [-0.4, -0.2) is 39.7 Å². The van der Waals surface area contributed by atoms with Gasteiger partial charge in [-0.05, 0) is 51.4 Å². The molecule has 2 unspecified atom stereocenters. The highest BCUT2D eigenvalue weighted by molar-refractivity contribution is 5.30. The van der Waals surface area contributed by atoms with Crippen molar-refractivity contribution >= 4 is 0 Å². The summed E-state index contributed by atoms with van der Waals surface area (Å²) in [5.41, 5.74) is 2.20. The van der Waals surface area contributed by atoms with Crippen molar-refractivity contribution in [3.63, 3.8) is 0 Å². The molecule has 1 heterocycles. The number of aromatic nitrogens is 1. The zero-order valence-corrected chi connectivity index (χ0v) is 12.6. The third kappa shape index (κ3) is 2.54. The number of rotatable bonds is 5. The first kappa shape index (κ1) is 14.5. The number of hydrogen-bond acceptors (Lipinski definition) is 3. The molecule has 0 bridgehead atoms. The molecular weight excluding hydrogens is 236 g/mol. The molecule has 1 aliphatic rings. The summed E-state index contributed by atoms with van der Waals surface area (Å²) in [6, 6.07) is 4.13. The van der Waals surface area contributed by atoms with Gasteiger partial charge in [-0.2, -0.15) is 0 Å². The fourth-order valence-electron chi connectivity index (χ4n) is 3.47. The van der Waals surface area contributed by atoms with E-state index < -0.39 is 0 Å². The molecule has 0 spiro atoms. The molecular formula is C16H26N2O. The van der Waals surface area contributed by atoms with Gasteiger partial charge in [0.25, 0.3) is 0 Å². The monoisotopic (exact) mass is 262 g/mol. The summed E-state index contributed by atoms with van der Waals surface area (Å²) >= 11 is 0. The maximum atomic E-state index is 10.9. The second-order valence-corrected chi connectivity index (χ2v) is 5.96. The van der Waals surface area contributed by atoms with Gasteiger partial charge in [0.05, 0.1) is 6.10 Å². The van der Waals surface area contributed by atoms with E-state index in [9.17, 15) is 5.11 Å². The first-order chi connectivity index (χ1) is 9.02. The fraction of sp³-hybridized carbons (Fsp3) is 0.688. The van der Waals surface area contributed by atoms with E-state index in [1.165, 1.54) is 5.56 Å². The molecule has 3 nitrogen and oxygen atoms in total. The van der Waals surface area contributed by atoms with Crippen LogP contribution in [-0.2, 0) is 6.42 Å². The van der Waals surface area contributed by atoms with Gasteiger partial charge in [-0.25, -0.2) is 0 Å². The summed E-state index contributed by atoms with van der Waals surface area (Å²) in [5, 5.41) is 10.9. The Balaban J connectivity index is 2.23. The quantitative estimate of drug-likeness (QED) is 0.886. The molecule has 0 aromatic carbocycles. The second kappa shape index (κ2) is 5.59. The van der Waals surface area contributed by atoms with Gasteiger partial charge in [-0.1, -0.05) is 19.9 Å². The van der Waals surface area contributed by atoms with E-state index in [1.54, 1.807) is 0 Å². The Morgan fingerprint density at radius 3 is 2.74 bits per heavy atom. The van der Waals surface area contributed by atoms with Crippen LogP contribution >= 0.6 is 0 Å². The lowest BCUT2D eigenvalue weighted by Gasteiger charge is -2.43. The topological polar surface area (TPSA) is 36.4 Å². The van der Waals surface area contributed by atoms with Crippen LogP contribution in [0.25, 0.3) is 0 Å². The maximum Gasteiger partial charge on any atom is 0.0802 e. The Hall–Kier alpha value is -0.930. The van der Waals surface area contributed by atoms with Crippen LogP contribution in [0.15, 0.2) is 18.3 Å². The average Bonchev–Trinajstić information content (AvgIpc) is 2.82. The summed E-state index contributed by atoms with van der Waals surface area (Å²) in [6.07, 6.45) is 3.52. The molecule has 0 fully saturated rings. The van der Waals surface area contributed by atoms with Gasteiger partial charge in [0.2, 0.25) is 0 Å². The minimum Gasteiger partial charge on any atom is -0.391 e. The average molecular weight is 262 g/mol. The summed E-state index contributed by atoms with van der Waals surface area (Å²) in [5.74, 6) is 0.173. The summed E-state index contributed by atoms with van der Waals surface area (Å²) in [4.78, 5) is 6.84. The van der Waals surface area contributed by atoms with E-state index in [4.69, 9.17) is 0 Å². The number of pyridine rings is 1. The van der Waals surface area contributed by atoms with Gasteiger partial charge in [0.1, 0.15) is 0 Å². The van der Waals surface area contributed by atoms with E-state index in [-0.39, 0.29) is 17.6 Å². The van der Waals surface area contributed by atoms with Crippen molar-refractivity contribution in [1.82, 2.24) is 9.88 Å². The molecule has 0 saturated carbocycles. The molecule has 3 heteroatoms. The van der Waals surface area contributed by atoms with Crippen molar-refractivity contribution < 1.29 is 5.11 Å². The summed E-state index contributed by atoms with van der Waals surface area (Å²) < 4.78 is 0. The normalized spacial score (nSPS) is 20.6. The minimum absolute atomic E-state index is 0.173. The molecule has 2 rings (SSSR count). The molecule has 1 N–H and O–H groups in total. The van der Waals surface area contributed by atoms with Crippen LogP contribution in [0, 0.1) is 0 Å². The highest BCUT2D eigenvalue weighted by Crippen LogP contribution is 2.38. The number of likely N-dealkylation sites (N-methyl/N-ethyl adjacent to an activating group) is 1. The first-order valence-electron chi connectivity index (χ1n) is 7.39. The van der Waals surface area contributed by atoms with Gasteiger partial charge in [0, 0.05) is 23.3 Å². The first-order valence-corrected chi connectivity index (χ1v) is 7.39. The molecule has 0 saturated heterocycles. The number of hydrogen-bond donors (Lipinski definition) is 1. The Bertz CT molecular complexity index is 427. The van der Waals surface area contributed by atoms with Crippen LogP contribution in [0.3, 0.4) is 0 Å². The molecule has 0 aliphatic heterocycles. The molecule has 0 amide bonds. The Kier molecular flexibility index (Phi) is 4.26. The zero-order valence-electron chi connectivity index (χ0n) is 12.6. The Morgan fingerprint density at radius 2 is 2.11 bits per heavy atom. The van der Waals surface area contributed by atoms with Crippen molar-refractivity contribution in [1.29, 1.82) is 0 Å². The Labute approximate surface area is 116 Å². The standard InChI is InChI=1S/C16H26N2O/c1-5-18(6-2)16(3,4)15(19)13-10-9-12-8-7-11-17-14(12)13/h7-8,11,13,15,19H,5-6,9-10H2,1-4H3. The number of aliphatic hydroxyl groups is 1. The second-order valence-electron chi connectivity index (χ2n) is 5.96. The zero-order chi connectivity index (χ0) is 14.0. The molecule has 19 heavy (non-hydrogen) atoms. The van der Waals surface area contributed by atoms with Gasteiger partial charge in [-0.3, -0.25) is 9.88 Å². The SMILES string of the molecule is CCN(CC)C(C)(C)C(O)C1CCc2cccnc21. The van der Waals surface area contributed by atoms with Gasteiger partial charge in [0.15, 0.2) is 0 Å². The predicted molar refractivity (Wildman–Crippen MR) is 78.3 cm³/mol. The molecule has 106 valence electrons. The van der Waals surface area contributed by atoms with Crippen molar-refractivity contribution in [2.24, 2.45) is 0 Å². The van der Waals surface area contributed by atoms with Crippen LogP contribution in [0.2, 0.25) is 0 Å². The predicted octanol–water partition coefficient (Wildman–Crippen LogP) is 2.59. The molecule has 2 atom stereocenters. The lowest BCUT2D eigenvalue weighted by molar-refractivity contribution is -0.0206. The minimum atomic E-state index is -0.372. The lowest BCUT2D eigenvalue weighted by Crippen LogP contribution is -2.54. The van der Waals surface area contributed by atoms with Gasteiger partial charge >= 0.3 is 0 Å². The number of nitrogens with zero attached hydrogens (tertiary/aromatic N) is 2. The molecule has 1 aromatic heterocycles. The van der Waals surface area contributed by atoms with Crippen LogP contribution in [0.5, 0.6) is 0 Å². The van der Waals surface area contributed by atoms with Crippen LogP contribution in [0.4, 0.5) is 0 Å². The largest absolute Gasteiger partial charge is 0.391 e. The number of aliphatic hydroxyl groups excluding tert-OH is 1. The smallest absolute Gasteiger partial charge is 0.0802 e. The van der Waals surface area contributed by atoms with Crippen molar-refractivity contribution in [3.8, 4) is 0 Å². The fourth-order valence-corrected chi connectivity index (χ4v) is 3.47. The lowest BCUT2D eigenvalue weighted by atomic mass is 9.84. The Morgan fingerprint density at radius 1 is 1.42 bits per heavy atom. The third-order valence-electron chi connectivity index (χ3n) is 4.69. The molecule has 1 aromatic rings. The van der Waals surface area contributed by atoms with E-state index in [1.807, 2.05) is 12.3 Å². The van der Waals surface area contributed by atoms with E-state index in [2.05, 4.69) is 43.6 Å². The highest BCUT2D eigenvalue weighted by atomic mass is 16.3. The summed E-state index contributed by atoms with van der Waals surface area (Å²) in [6.45, 7) is 10.5. The third-order valence-corrected chi connectivity index (χ3v) is 4.69. The molecule has 0 radical (unpaired) electrons. The van der Waals surface area contributed by atoms with Crippen molar-refractivity contribution in [2.45, 2.75) is 58.1 Å². The summed E-state index contributed by atoms with van der Waals surface area (Å²) in [7, 11) is 0. The molecule has 1 aliphatic carbocycles. The number of fused-ring (bicyclic) bond motifs is 1. The van der Waals surface area contributed by atoms with Gasteiger partial charge in [-0.15, -0.1) is 0 Å². The van der Waals surface area contributed by atoms with Crippen LogP contribution < -0.4 is 0 Å². The maximum absolute atomic E-state index is 10.9. The highest BCUT2D eigenvalue weighted by Gasteiger charge is 2.41. The van der Waals surface area contributed by atoms with E-state index in [0.29, 0.717) is 0 Å². The van der Waals surface area contributed by atoms with Crippen LogP contribution in [0.1, 0.15) is 51.3 Å².